The first-order chi connectivity index (χ1) is 8.12. The molecular weight excluding hydrogens is 235 g/mol. The monoisotopic (exact) mass is 254 g/mol. The van der Waals surface area contributed by atoms with Gasteiger partial charge in [0.15, 0.2) is 0 Å². The second kappa shape index (κ2) is 4.86. The molecule has 1 aliphatic heterocycles. The Hall–Kier alpha value is -0.740. The van der Waals surface area contributed by atoms with Gasteiger partial charge in [-0.3, -0.25) is 0 Å². The van der Waals surface area contributed by atoms with Gasteiger partial charge in [0, 0.05) is 18.8 Å². The molecule has 1 fully saturated rings. The molecule has 0 aliphatic carbocycles. The maximum absolute atomic E-state index is 13.8. The average Bonchev–Trinajstić information content (AvgIpc) is 2.71. The fourth-order valence-corrected chi connectivity index (χ4v) is 4.09. The molecule has 0 amide bonds. The van der Waals surface area contributed by atoms with Crippen LogP contribution in [-0.4, -0.2) is 30.1 Å². The van der Waals surface area contributed by atoms with E-state index in [1.807, 2.05) is 35.8 Å². The molecule has 0 aromatic heterocycles. The van der Waals surface area contributed by atoms with Crippen LogP contribution in [0.3, 0.4) is 0 Å². The fraction of sp³-hybridized carbons (Fsp3) is 0.538. The molecule has 1 aliphatic rings. The highest BCUT2D eigenvalue weighted by atomic mass is 32.2. The molecule has 2 rings (SSSR count). The Morgan fingerprint density at radius 2 is 2.24 bits per heavy atom. The van der Waals surface area contributed by atoms with Crippen molar-refractivity contribution in [1.29, 1.82) is 0 Å². The summed E-state index contributed by atoms with van der Waals surface area (Å²) in [5.74, 6) is 0.920. The van der Waals surface area contributed by atoms with E-state index in [9.17, 15) is 4.39 Å². The lowest BCUT2D eigenvalue weighted by Gasteiger charge is -2.42. The molecule has 1 heterocycles. The molecule has 2 N–H and O–H groups in total. The van der Waals surface area contributed by atoms with Gasteiger partial charge < -0.3 is 10.6 Å². The van der Waals surface area contributed by atoms with Crippen molar-refractivity contribution in [2.24, 2.45) is 5.73 Å². The largest absolute Gasteiger partial charge is 0.364 e. The Kier molecular flexibility index (Phi) is 3.64. The number of nitrogens with zero attached hydrogens (tertiary/aromatic N) is 1. The number of anilines is 1. The predicted octanol–water partition coefficient (Wildman–Crippen LogP) is 2.48. The van der Waals surface area contributed by atoms with Crippen LogP contribution in [0.5, 0.6) is 0 Å². The molecule has 17 heavy (non-hydrogen) atoms. The molecule has 2 unspecified atom stereocenters. The summed E-state index contributed by atoms with van der Waals surface area (Å²) in [6, 6.07) is 6.91. The lowest BCUT2D eigenvalue weighted by molar-refractivity contribution is 0.410. The summed E-state index contributed by atoms with van der Waals surface area (Å²) in [6.45, 7) is 2.74. The molecule has 1 saturated heterocycles. The van der Waals surface area contributed by atoms with E-state index in [0.717, 1.165) is 12.2 Å². The van der Waals surface area contributed by atoms with Crippen molar-refractivity contribution in [2.75, 3.05) is 24.2 Å². The summed E-state index contributed by atoms with van der Waals surface area (Å²) in [7, 11) is 1.95. The zero-order valence-corrected chi connectivity index (χ0v) is 11.1. The van der Waals surface area contributed by atoms with E-state index in [1.165, 1.54) is 6.07 Å². The maximum Gasteiger partial charge on any atom is 0.146 e. The van der Waals surface area contributed by atoms with E-state index in [-0.39, 0.29) is 11.4 Å². The zero-order valence-electron chi connectivity index (χ0n) is 10.3. The molecule has 2 atom stereocenters. The van der Waals surface area contributed by atoms with Gasteiger partial charge in [-0.05, 0) is 24.3 Å². The number of benzene rings is 1. The summed E-state index contributed by atoms with van der Waals surface area (Å²) in [4.78, 5) is 2.03. The normalized spacial score (nSPS) is 28.4. The SMILES string of the molecule is CC1SCCC1(CN)N(C)c1ccccc1F. The Labute approximate surface area is 106 Å². The second-order valence-corrected chi connectivity index (χ2v) is 6.03. The van der Waals surface area contributed by atoms with E-state index in [1.54, 1.807) is 6.07 Å². The zero-order chi connectivity index (χ0) is 12.5. The standard InChI is InChI=1S/C13H19FN2S/c1-10-13(9-15,7-8-17-10)16(2)12-6-4-3-5-11(12)14/h3-6,10H,7-9,15H2,1-2H3. The first-order valence-electron chi connectivity index (χ1n) is 5.92. The third-order valence-corrected chi connectivity index (χ3v) is 5.27. The minimum atomic E-state index is -0.174. The molecular formula is C13H19FN2S. The topological polar surface area (TPSA) is 29.3 Å². The van der Waals surface area contributed by atoms with Crippen LogP contribution >= 0.6 is 11.8 Å². The number of rotatable bonds is 3. The van der Waals surface area contributed by atoms with Gasteiger partial charge in [0.05, 0.1) is 11.2 Å². The Morgan fingerprint density at radius 3 is 2.76 bits per heavy atom. The summed E-state index contributed by atoms with van der Waals surface area (Å²) in [5, 5.41) is 0.428. The van der Waals surface area contributed by atoms with E-state index >= 15 is 0 Å². The molecule has 4 heteroatoms. The highest BCUT2D eigenvalue weighted by Gasteiger charge is 2.43. The minimum Gasteiger partial charge on any atom is -0.364 e. The van der Waals surface area contributed by atoms with Gasteiger partial charge in [0.1, 0.15) is 5.82 Å². The van der Waals surface area contributed by atoms with Gasteiger partial charge in [-0.2, -0.15) is 11.8 Å². The Bertz CT molecular complexity index is 399. The number of hydrogen-bond acceptors (Lipinski definition) is 3. The van der Waals surface area contributed by atoms with E-state index in [4.69, 9.17) is 5.73 Å². The van der Waals surface area contributed by atoms with Gasteiger partial charge in [-0.1, -0.05) is 19.1 Å². The first kappa shape index (κ1) is 12.7. The minimum absolute atomic E-state index is 0.118. The number of para-hydroxylation sites is 1. The second-order valence-electron chi connectivity index (χ2n) is 4.58. The maximum atomic E-state index is 13.8. The van der Waals surface area contributed by atoms with Gasteiger partial charge in [0.2, 0.25) is 0 Å². The van der Waals surface area contributed by atoms with Crippen molar-refractivity contribution in [3.63, 3.8) is 0 Å². The van der Waals surface area contributed by atoms with Crippen LogP contribution in [0.25, 0.3) is 0 Å². The Morgan fingerprint density at radius 1 is 1.53 bits per heavy atom. The van der Waals surface area contributed by atoms with Gasteiger partial charge in [0.25, 0.3) is 0 Å². The van der Waals surface area contributed by atoms with Crippen molar-refractivity contribution >= 4 is 17.4 Å². The molecule has 0 radical (unpaired) electrons. The van der Waals surface area contributed by atoms with Crippen LogP contribution in [0.4, 0.5) is 10.1 Å². The third kappa shape index (κ3) is 2.04. The summed E-state index contributed by atoms with van der Waals surface area (Å²) in [6.07, 6.45) is 1.01. The number of hydrogen-bond donors (Lipinski definition) is 1. The van der Waals surface area contributed by atoms with Crippen LogP contribution in [0.1, 0.15) is 13.3 Å². The van der Waals surface area contributed by atoms with Crippen LogP contribution in [0, 0.1) is 5.82 Å². The van der Waals surface area contributed by atoms with E-state index < -0.39 is 0 Å². The quantitative estimate of drug-likeness (QED) is 0.898. The van der Waals surface area contributed by atoms with Crippen LogP contribution < -0.4 is 10.6 Å². The van der Waals surface area contributed by atoms with Crippen molar-refractivity contribution < 1.29 is 4.39 Å². The van der Waals surface area contributed by atoms with Crippen molar-refractivity contribution in [1.82, 2.24) is 0 Å². The molecule has 0 saturated carbocycles. The summed E-state index contributed by atoms with van der Waals surface area (Å²) < 4.78 is 13.8. The first-order valence-corrected chi connectivity index (χ1v) is 6.97. The number of halogens is 1. The molecule has 1 aromatic carbocycles. The molecule has 94 valence electrons. The van der Waals surface area contributed by atoms with Gasteiger partial charge in [-0.15, -0.1) is 0 Å². The number of likely N-dealkylation sites (N-methyl/N-ethyl adjacent to an activating group) is 1. The van der Waals surface area contributed by atoms with Crippen molar-refractivity contribution in [3.8, 4) is 0 Å². The summed E-state index contributed by atoms with van der Waals surface area (Å²) >= 11 is 1.91. The predicted molar refractivity (Wildman–Crippen MR) is 73.1 cm³/mol. The lowest BCUT2D eigenvalue weighted by Crippen LogP contribution is -2.56. The number of thioether (sulfide) groups is 1. The fourth-order valence-electron chi connectivity index (χ4n) is 2.58. The highest BCUT2D eigenvalue weighted by Crippen LogP contribution is 2.41. The molecule has 1 aromatic rings. The van der Waals surface area contributed by atoms with Crippen molar-refractivity contribution in [3.05, 3.63) is 30.1 Å². The molecule has 0 spiro atoms. The van der Waals surface area contributed by atoms with Gasteiger partial charge in [-0.25, -0.2) is 4.39 Å². The highest BCUT2D eigenvalue weighted by molar-refractivity contribution is 8.00. The van der Waals surface area contributed by atoms with E-state index in [2.05, 4.69) is 6.92 Å². The molecule has 2 nitrogen and oxygen atoms in total. The van der Waals surface area contributed by atoms with Crippen LogP contribution in [-0.2, 0) is 0 Å². The van der Waals surface area contributed by atoms with Crippen molar-refractivity contribution in [2.45, 2.75) is 24.1 Å². The third-order valence-electron chi connectivity index (χ3n) is 3.89. The van der Waals surface area contributed by atoms with Crippen LogP contribution in [0.2, 0.25) is 0 Å². The van der Waals surface area contributed by atoms with Gasteiger partial charge >= 0.3 is 0 Å². The lowest BCUT2D eigenvalue weighted by atomic mass is 9.90. The smallest absolute Gasteiger partial charge is 0.146 e. The number of nitrogens with two attached hydrogens (primary N) is 1. The Balaban J connectivity index is 2.36. The summed E-state index contributed by atoms with van der Waals surface area (Å²) in [5.41, 5.74) is 6.50. The average molecular weight is 254 g/mol. The van der Waals surface area contributed by atoms with E-state index in [0.29, 0.717) is 17.5 Å². The van der Waals surface area contributed by atoms with Crippen LogP contribution in [0.15, 0.2) is 24.3 Å². The molecule has 0 bridgehead atoms.